The van der Waals surface area contributed by atoms with E-state index in [0.717, 1.165) is 58.3 Å². The molecule has 0 atom stereocenters. The molecule has 3 rings (SSSR count). The van der Waals surface area contributed by atoms with Crippen molar-refractivity contribution >= 4 is 5.91 Å². The standard InChI is InChI=1S/C23H33FN2O/c1-25(23(27)17-20-5-3-2-4-6-20)18-21-12-15-26(16-13-21)14-11-19-7-9-22(24)10-8-19/h5,7-10,21H,2-4,6,11-18H2,1H3. The topological polar surface area (TPSA) is 23.6 Å². The SMILES string of the molecule is CN(CC1CCN(CCc2ccc(F)cc2)CC1)C(=O)CC1=CCCCC1. The molecule has 27 heavy (non-hydrogen) atoms. The van der Waals surface area contributed by atoms with Gasteiger partial charge in [-0.15, -0.1) is 0 Å². The number of amides is 1. The first-order valence-corrected chi connectivity index (χ1v) is 10.5. The molecule has 0 unspecified atom stereocenters. The summed E-state index contributed by atoms with van der Waals surface area (Å²) < 4.78 is 13.0. The van der Waals surface area contributed by atoms with Gasteiger partial charge in [0.05, 0.1) is 0 Å². The van der Waals surface area contributed by atoms with Crippen LogP contribution in [0.1, 0.15) is 50.5 Å². The van der Waals surface area contributed by atoms with Crippen LogP contribution >= 0.6 is 0 Å². The summed E-state index contributed by atoms with van der Waals surface area (Å²) in [6.45, 7) is 4.11. The van der Waals surface area contributed by atoms with E-state index in [1.165, 1.54) is 36.1 Å². The molecule has 1 heterocycles. The average Bonchev–Trinajstić information content (AvgIpc) is 2.69. The lowest BCUT2D eigenvalue weighted by atomic mass is 9.94. The minimum absolute atomic E-state index is 0.169. The molecule has 0 saturated carbocycles. The summed E-state index contributed by atoms with van der Waals surface area (Å²) in [5.74, 6) is 0.723. The normalized spacial score (nSPS) is 19.0. The number of piperidine rings is 1. The van der Waals surface area contributed by atoms with Crippen LogP contribution in [0.15, 0.2) is 35.9 Å². The molecule has 3 nitrogen and oxygen atoms in total. The summed E-state index contributed by atoms with van der Waals surface area (Å²) in [6, 6.07) is 6.84. The number of likely N-dealkylation sites (tertiary alicyclic amines) is 1. The highest BCUT2D eigenvalue weighted by Crippen LogP contribution is 2.22. The summed E-state index contributed by atoms with van der Waals surface area (Å²) in [5.41, 5.74) is 2.54. The minimum atomic E-state index is -0.169. The van der Waals surface area contributed by atoms with Crippen LogP contribution in [0.25, 0.3) is 0 Å². The molecule has 4 heteroatoms. The van der Waals surface area contributed by atoms with Crippen LogP contribution in [0, 0.1) is 11.7 Å². The molecule has 1 aliphatic carbocycles. The Kier molecular flexibility index (Phi) is 7.45. The maximum atomic E-state index is 13.0. The molecule has 148 valence electrons. The molecular weight excluding hydrogens is 339 g/mol. The van der Waals surface area contributed by atoms with Crippen molar-refractivity contribution in [3.05, 3.63) is 47.3 Å². The molecule has 0 spiro atoms. The lowest BCUT2D eigenvalue weighted by Gasteiger charge is -2.34. The fourth-order valence-electron chi connectivity index (χ4n) is 4.21. The van der Waals surface area contributed by atoms with Crippen molar-refractivity contribution in [2.24, 2.45) is 5.92 Å². The molecule has 1 amide bonds. The van der Waals surface area contributed by atoms with Crippen molar-refractivity contribution in [3.8, 4) is 0 Å². The zero-order chi connectivity index (χ0) is 19.1. The molecule has 1 aromatic rings. The number of hydrogen-bond acceptors (Lipinski definition) is 2. The van der Waals surface area contributed by atoms with Gasteiger partial charge in [-0.25, -0.2) is 4.39 Å². The maximum Gasteiger partial charge on any atom is 0.226 e. The zero-order valence-electron chi connectivity index (χ0n) is 16.6. The van der Waals surface area contributed by atoms with Gasteiger partial charge < -0.3 is 9.80 Å². The number of benzene rings is 1. The van der Waals surface area contributed by atoms with E-state index in [2.05, 4.69) is 11.0 Å². The number of carbonyl (C=O) groups excluding carboxylic acids is 1. The molecule has 1 saturated heterocycles. The monoisotopic (exact) mass is 372 g/mol. The van der Waals surface area contributed by atoms with Gasteiger partial charge in [-0.1, -0.05) is 23.8 Å². The van der Waals surface area contributed by atoms with E-state index < -0.39 is 0 Å². The third-order valence-electron chi connectivity index (χ3n) is 6.06. The predicted octanol–water partition coefficient (Wildman–Crippen LogP) is 4.43. The first kappa shape index (κ1) is 20.1. The van der Waals surface area contributed by atoms with E-state index in [1.54, 1.807) is 0 Å². The van der Waals surface area contributed by atoms with Crippen LogP contribution < -0.4 is 0 Å². The van der Waals surface area contributed by atoms with Crippen LogP contribution in [0.2, 0.25) is 0 Å². The number of nitrogens with zero attached hydrogens (tertiary/aromatic N) is 2. The summed E-state index contributed by atoms with van der Waals surface area (Å²) >= 11 is 0. The molecule has 1 aliphatic heterocycles. The van der Waals surface area contributed by atoms with E-state index in [0.29, 0.717) is 12.3 Å². The number of hydrogen-bond donors (Lipinski definition) is 0. The van der Waals surface area contributed by atoms with Crippen molar-refractivity contribution in [3.63, 3.8) is 0 Å². The van der Waals surface area contributed by atoms with E-state index in [9.17, 15) is 9.18 Å². The lowest BCUT2D eigenvalue weighted by Crippen LogP contribution is -2.40. The first-order valence-electron chi connectivity index (χ1n) is 10.5. The second-order valence-corrected chi connectivity index (χ2v) is 8.22. The van der Waals surface area contributed by atoms with Crippen LogP contribution in [0.5, 0.6) is 0 Å². The van der Waals surface area contributed by atoms with E-state index in [-0.39, 0.29) is 11.7 Å². The van der Waals surface area contributed by atoms with Crippen molar-refractivity contribution in [1.82, 2.24) is 9.80 Å². The molecule has 0 radical (unpaired) electrons. The summed E-state index contributed by atoms with van der Waals surface area (Å²) in [4.78, 5) is 16.9. The fraction of sp³-hybridized carbons (Fsp3) is 0.609. The molecule has 2 aliphatic rings. The summed E-state index contributed by atoms with van der Waals surface area (Å²) in [7, 11) is 1.96. The Labute approximate surface area is 163 Å². The van der Waals surface area contributed by atoms with Crippen molar-refractivity contribution in [1.29, 1.82) is 0 Å². The highest BCUT2D eigenvalue weighted by molar-refractivity contribution is 5.78. The maximum absolute atomic E-state index is 13.0. The Balaban J connectivity index is 1.35. The van der Waals surface area contributed by atoms with Crippen LogP contribution in [0.3, 0.4) is 0 Å². The van der Waals surface area contributed by atoms with Gasteiger partial charge in [-0.3, -0.25) is 4.79 Å². The Bertz CT molecular complexity index is 632. The quantitative estimate of drug-likeness (QED) is 0.661. The van der Waals surface area contributed by atoms with Gasteiger partial charge in [0, 0.05) is 26.6 Å². The fourth-order valence-corrected chi connectivity index (χ4v) is 4.21. The molecule has 0 bridgehead atoms. The molecule has 0 N–H and O–H groups in total. The summed E-state index contributed by atoms with van der Waals surface area (Å²) in [6.07, 6.45) is 10.9. The molecular formula is C23H33FN2O. The molecule has 1 aromatic carbocycles. The van der Waals surface area contributed by atoms with Gasteiger partial charge in [0.25, 0.3) is 0 Å². The number of allylic oxidation sites excluding steroid dienone is 1. The number of carbonyl (C=O) groups is 1. The molecule has 1 fully saturated rings. The van der Waals surface area contributed by atoms with Crippen molar-refractivity contribution in [2.45, 2.75) is 51.4 Å². The van der Waals surface area contributed by atoms with Gasteiger partial charge in [-0.2, -0.15) is 0 Å². The van der Waals surface area contributed by atoms with Crippen molar-refractivity contribution < 1.29 is 9.18 Å². The first-order chi connectivity index (χ1) is 13.1. The van der Waals surface area contributed by atoms with Crippen LogP contribution in [-0.4, -0.2) is 48.9 Å². The molecule has 0 aromatic heterocycles. The largest absolute Gasteiger partial charge is 0.345 e. The van der Waals surface area contributed by atoms with Gasteiger partial charge in [0.15, 0.2) is 0 Å². The smallest absolute Gasteiger partial charge is 0.226 e. The number of rotatable bonds is 7. The zero-order valence-corrected chi connectivity index (χ0v) is 16.6. The third kappa shape index (κ3) is 6.46. The van der Waals surface area contributed by atoms with Gasteiger partial charge in [-0.05, 0) is 81.6 Å². The second-order valence-electron chi connectivity index (χ2n) is 8.22. The predicted molar refractivity (Wildman–Crippen MR) is 108 cm³/mol. The highest BCUT2D eigenvalue weighted by Gasteiger charge is 2.22. The van der Waals surface area contributed by atoms with Gasteiger partial charge >= 0.3 is 0 Å². The highest BCUT2D eigenvalue weighted by atomic mass is 19.1. The Morgan fingerprint density at radius 2 is 1.93 bits per heavy atom. The van der Waals surface area contributed by atoms with Crippen LogP contribution in [0.4, 0.5) is 4.39 Å². The Hall–Kier alpha value is -1.68. The summed E-state index contributed by atoms with van der Waals surface area (Å²) in [5, 5.41) is 0. The van der Waals surface area contributed by atoms with Crippen LogP contribution in [-0.2, 0) is 11.2 Å². The van der Waals surface area contributed by atoms with E-state index >= 15 is 0 Å². The van der Waals surface area contributed by atoms with Gasteiger partial charge in [0.1, 0.15) is 5.82 Å². The van der Waals surface area contributed by atoms with E-state index in [4.69, 9.17) is 0 Å². The van der Waals surface area contributed by atoms with E-state index in [1.807, 2.05) is 24.1 Å². The van der Waals surface area contributed by atoms with Gasteiger partial charge in [0.2, 0.25) is 5.91 Å². The number of halogens is 1. The second kappa shape index (κ2) is 10.0. The minimum Gasteiger partial charge on any atom is -0.345 e. The Morgan fingerprint density at radius 1 is 1.19 bits per heavy atom. The van der Waals surface area contributed by atoms with Crippen molar-refractivity contribution in [2.75, 3.05) is 33.2 Å². The third-order valence-corrected chi connectivity index (χ3v) is 6.06. The Morgan fingerprint density at radius 3 is 2.59 bits per heavy atom. The average molecular weight is 373 g/mol. The lowest BCUT2D eigenvalue weighted by molar-refractivity contribution is -0.130.